The molecular weight excluding hydrogens is 320 g/mol. The van der Waals surface area contributed by atoms with Gasteiger partial charge >= 0.3 is 0 Å². The summed E-state index contributed by atoms with van der Waals surface area (Å²) in [4.78, 5) is 13.9. The highest BCUT2D eigenvalue weighted by molar-refractivity contribution is 7.99. The summed E-state index contributed by atoms with van der Waals surface area (Å²) in [6, 6.07) is 10.6. The molecule has 0 aliphatic carbocycles. The Bertz CT molecular complexity index is 723. The van der Waals surface area contributed by atoms with Crippen LogP contribution in [0, 0.1) is 0 Å². The predicted octanol–water partition coefficient (Wildman–Crippen LogP) is 2.77. The summed E-state index contributed by atoms with van der Waals surface area (Å²) >= 11 is 1.86. The number of amides is 1. The first kappa shape index (κ1) is 15.7. The van der Waals surface area contributed by atoms with Gasteiger partial charge in [0, 0.05) is 23.4 Å². The number of rotatable bonds is 3. The van der Waals surface area contributed by atoms with E-state index in [1.54, 1.807) is 0 Å². The molecule has 0 bridgehead atoms. The van der Waals surface area contributed by atoms with Crippen molar-refractivity contribution < 1.29 is 4.79 Å². The van der Waals surface area contributed by atoms with Crippen molar-refractivity contribution in [2.45, 2.75) is 36.2 Å². The Balaban J connectivity index is 1.46. The number of thioether (sulfide) groups is 1. The van der Waals surface area contributed by atoms with E-state index >= 15 is 0 Å². The Kier molecular flexibility index (Phi) is 4.58. The second-order valence-corrected chi connectivity index (χ2v) is 7.52. The normalized spacial score (nSPS) is 23.5. The molecule has 2 N–H and O–H groups in total. The van der Waals surface area contributed by atoms with E-state index in [1.807, 2.05) is 34.8 Å². The molecule has 126 valence electrons. The van der Waals surface area contributed by atoms with Crippen molar-refractivity contribution in [3.63, 3.8) is 0 Å². The Morgan fingerprint density at radius 3 is 3.08 bits per heavy atom. The number of carbonyl (C=O) groups excluding carboxylic acids is 1. The molecule has 0 saturated carbocycles. The van der Waals surface area contributed by atoms with Gasteiger partial charge in [-0.25, -0.2) is 0 Å². The fourth-order valence-corrected chi connectivity index (χ4v) is 4.57. The molecule has 2 unspecified atom stereocenters. The van der Waals surface area contributed by atoms with E-state index in [0.29, 0.717) is 11.7 Å². The van der Waals surface area contributed by atoms with Crippen LogP contribution in [0.2, 0.25) is 0 Å². The molecular formula is C18H22N4OS. The maximum atomic E-state index is 12.6. The highest BCUT2D eigenvalue weighted by atomic mass is 32.2. The third kappa shape index (κ3) is 3.21. The van der Waals surface area contributed by atoms with Crippen LogP contribution in [0.5, 0.6) is 0 Å². The monoisotopic (exact) mass is 342 g/mol. The third-order valence-corrected chi connectivity index (χ3v) is 5.87. The Morgan fingerprint density at radius 2 is 2.21 bits per heavy atom. The molecule has 1 fully saturated rings. The van der Waals surface area contributed by atoms with Gasteiger partial charge < -0.3 is 10.6 Å². The molecule has 2 atom stereocenters. The maximum absolute atomic E-state index is 12.6. The standard InChI is InChI=1S/C18H22N4OS/c23-18(16-7-10-22(21-16)13-4-3-9-19-12-13)20-15-8-11-24-17-6-2-1-5-14(15)17/h1-2,5-7,10,13,15,19H,3-4,8-9,11-12H2,(H,20,23). The molecule has 1 aromatic heterocycles. The summed E-state index contributed by atoms with van der Waals surface area (Å²) in [6.45, 7) is 2.00. The molecule has 4 rings (SSSR count). The summed E-state index contributed by atoms with van der Waals surface area (Å²) in [6.07, 6.45) is 5.16. The number of fused-ring (bicyclic) bond motifs is 1. The lowest BCUT2D eigenvalue weighted by atomic mass is 10.0. The summed E-state index contributed by atoms with van der Waals surface area (Å²) < 4.78 is 1.94. The van der Waals surface area contributed by atoms with Crippen molar-refractivity contribution in [2.24, 2.45) is 0 Å². The minimum Gasteiger partial charge on any atom is -0.344 e. The van der Waals surface area contributed by atoms with Gasteiger partial charge in [0.25, 0.3) is 5.91 Å². The quantitative estimate of drug-likeness (QED) is 0.900. The molecule has 5 nitrogen and oxygen atoms in total. The van der Waals surface area contributed by atoms with E-state index in [0.717, 1.165) is 38.1 Å². The lowest BCUT2D eigenvalue weighted by Gasteiger charge is -2.25. The highest BCUT2D eigenvalue weighted by Crippen LogP contribution is 2.35. The number of benzene rings is 1. The molecule has 2 aromatic rings. The van der Waals surface area contributed by atoms with Crippen molar-refractivity contribution in [1.82, 2.24) is 20.4 Å². The van der Waals surface area contributed by atoms with Crippen LogP contribution in [-0.2, 0) is 0 Å². The summed E-state index contributed by atoms with van der Waals surface area (Å²) in [5.41, 5.74) is 1.73. The molecule has 6 heteroatoms. The van der Waals surface area contributed by atoms with Crippen LogP contribution in [-0.4, -0.2) is 34.5 Å². The fraction of sp³-hybridized carbons (Fsp3) is 0.444. The van der Waals surface area contributed by atoms with Gasteiger partial charge in [-0.05, 0) is 43.5 Å². The van der Waals surface area contributed by atoms with Crippen LogP contribution in [0.3, 0.4) is 0 Å². The topological polar surface area (TPSA) is 59.0 Å². The van der Waals surface area contributed by atoms with E-state index in [-0.39, 0.29) is 11.9 Å². The first-order valence-electron chi connectivity index (χ1n) is 8.60. The van der Waals surface area contributed by atoms with Crippen LogP contribution in [0.1, 0.15) is 47.4 Å². The molecule has 24 heavy (non-hydrogen) atoms. The van der Waals surface area contributed by atoms with E-state index in [1.165, 1.54) is 10.5 Å². The molecule has 1 saturated heterocycles. The van der Waals surface area contributed by atoms with Crippen molar-refractivity contribution in [3.8, 4) is 0 Å². The SMILES string of the molecule is O=C(NC1CCSc2ccccc21)c1ccn(C2CCCNC2)n1. The minimum atomic E-state index is -0.0794. The smallest absolute Gasteiger partial charge is 0.272 e. The molecule has 2 aliphatic rings. The molecule has 2 aliphatic heterocycles. The number of hydrogen-bond donors (Lipinski definition) is 2. The van der Waals surface area contributed by atoms with E-state index in [9.17, 15) is 4.79 Å². The van der Waals surface area contributed by atoms with Crippen molar-refractivity contribution >= 4 is 17.7 Å². The van der Waals surface area contributed by atoms with Gasteiger partial charge in [-0.1, -0.05) is 18.2 Å². The molecule has 1 amide bonds. The number of carbonyl (C=O) groups is 1. The third-order valence-electron chi connectivity index (χ3n) is 4.75. The average molecular weight is 342 g/mol. The number of aromatic nitrogens is 2. The van der Waals surface area contributed by atoms with Gasteiger partial charge in [0.05, 0.1) is 12.1 Å². The zero-order chi connectivity index (χ0) is 16.4. The van der Waals surface area contributed by atoms with Gasteiger partial charge in [0.1, 0.15) is 5.69 Å². The predicted molar refractivity (Wildman–Crippen MR) is 95.4 cm³/mol. The zero-order valence-electron chi connectivity index (χ0n) is 13.6. The fourth-order valence-electron chi connectivity index (χ4n) is 3.45. The molecule has 1 aromatic carbocycles. The molecule has 0 spiro atoms. The second-order valence-electron chi connectivity index (χ2n) is 6.38. The van der Waals surface area contributed by atoms with Gasteiger partial charge in [-0.15, -0.1) is 11.8 Å². The zero-order valence-corrected chi connectivity index (χ0v) is 14.4. The van der Waals surface area contributed by atoms with Gasteiger partial charge in [0.15, 0.2) is 0 Å². The minimum absolute atomic E-state index is 0.0794. The Morgan fingerprint density at radius 1 is 1.29 bits per heavy atom. The lowest BCUT2D eigenvalue weighted by molar-refractivity contribution is 0.0928. The van der Waals surface area contributed by atoms with E-state index < -0.39 is 0 Å². The van der Waals surface area contributed by atoms with Crippen LogP contribution in [0.15, 0.2) is 41.4 Å². The summed E-state index contributed by atoms with van der Waals surface area (Å²) in [5.74, 6) is 0.952. The van der Waals surface area contributed by atoms with Gasteiger partial charge in [0.2, 0.25) is 0 Å². The lowest BCUT2D eigenvalue weighted by Crippen LogP contribution is -2.33. The first-order valence-corrected chi connectivity index (χ1v) is 9.58. The maximum Gasteiger partial charge on any atom is 0.272 e. The molecule has 0 radical (unpaired) electrons. The number of nitrogens with zero attached hydrogens (tertiary/aromatic N) is 2. The highest BCUT2D eigenvalue weighted by Gasteiger charge is 2.24. The van der Waals surface area contributed by atoms with E-state index in [2.05, 4.69) is 33.9 Å². The first-order chi connectivity index (χ1) is 11.8. The number of piperidine rings is 1. The number of nitrogens with one attached hydrogen (secondary N) is 2. The summed E-state index contributed by atoms with van der Waals surface area (Å²) in [5, 5.41) is 11.1. The van der Waals surface area contributed by atoms with Gasteiger partial charge in [-0.3, -0.25) is 9.48 Å². The Labute approximate surface area is 146 Å². The second kappa shape index (κ2) is 6.99. The van der Waals surface area contributed by atoms with Crippen molar-refractivity contribution in [3.05, 3.63) is 47.8 Å². The van der Waals surface area contributed by atoms with Crippen molar-refractivity contribution in [2.75, 3.05) is 18.8 Å². The van der Waals surface area contributed by atoms with Gasteiger partial charge in [-0.2, -0.15) is 5.10 Å². The van der Waals surface area contributed by atoms with Crippen LogP contribution >= 0.6 is 11.8 Å². The van der Waals surface area contributed by atoms with Crippen molar-refractivity contribution in [1.29, 1.82) is 0 Å². The summed E-state index contributed by atoms with van der Waals surface area (Å²) in [7, 11) is 0. The number of hydrogen-bond acceptors (Lipinski definition) is 4. The Hall–Kier alpha value is -1.79. The van der Waals surface area contributed by atoms with E-state index in [4.69, 9.17) is 0 Å². The van der Waals surface area contributed by atoms with Crippen LogP contribution in [0.25, 0.3) is 0 Å². The molecule has 3 heterocycles. The van der Waals surface area contributed by atoms with Crippen LogP contribution < -0.4 is 10.6 Å². The largest absolute Gasteiger partial charge is 0.344 e. The van der Waals surface area contributed by atoms with Crippen LogP contribution in [0.4, 0.5) is 0 Å². The average Bonchev–Trinajstić information content (AvgIpc) is 3.13.